The Morgan fingerprint density at radius 3 is 2.42 bits per heavy atom. The van der Waals surface area contributed by atoms with Gasteiger partial charge in [-0.1, -0.05) is 12.1 Å². The Morgan fingerprint density at radius 2 is 1.84 bits per heavy atom. The van der Waals surface area contributed by atoms with Gasteiger partial charge in [0.15, 0.2) is 0 Å². The lowest BCUT2D eigenvalue weighted by Crippen LogP contribution is -2.14. The summed E-state index contributed by atoms with van der Waals surface area (Å²) in [5, 5.41) is 10.7. The number of para-hydroxylation sites is 1. The SMILES string of the molecule is O=C(O)CCC(=O)Nc1ccccc1SC(F)(F)F. The van der Waals surface area contributed by atoms with Gasteiger partial charge in [-0.3, -0.25) is 9.59 Å². The lowest BCUT2D eigenvalue weighted by Gasteiger charge is -2.11. The zero-order valence-corrected chi connectivity index (χ0v) is 10.3. The largest absolute Gasteiger partial charge is 0.481 e. The molecular weight excluding hydrogens is 283 g/mol. The minimum Gasteiger partial charge on any atom is -0.481 e. The summed E-state index contributed by atoms with van der Waals surface area (Å²) in [5.74, 6) is -1.79. The van der Waals surface area contributed by atoms with Crippen molar-refractivity contribution >= 4 is 29.3 Å². The summed E-state index contributed by atoms with van der Waals surface area (Å²) >= 11 is -0.337. The number of anilines is 1. The van der Waals surface area contributed by atoms with Crippen LogP contribution >= 0.6 is 11.8 Å². The fourth-order valence-electron chi connectivity index (χ4n) is 1.22. The molecule has 0 unspecified atom stereocenters. The van der Waals surface area contributed by atoms with Crippen molar-refractivity contribution in [2.45, 2.75) is 23.2 Å². The smallest absolute Gasteiger partial charge is 0.446 e. The molecule has 0 fully saturated rings. The van der Waals surface area contributed by atoms with Crippen molar-refractivity contribution in [3.63, 3.8) is 0 Å². The standard InChI is InChI=1S/C11H10F3NO3S/c12-11(13,14)19-8-4-2-1-3-7(8)15-9(16)5-6-10(17)18/h1-4H,5-6H2,(H,15,16)(H,17,18). The Labute approximate surface area is 111 Å². The molecular formula is C11H10F3NO3S. The van der Waals surface area contributed by atoms with Gasteiger partial charge in [0, 0.05) is 11.3 Å². The van der Waals surface area contributed by atoms with Crippen LogP contribution in [-0.2, 0) is 9.59 Å². The summed E-state index contributed by atoms with van der Waals surface area (Å²) in [4.78, 5) is 21.5. The van der Waals surface area contributed by atoms with Crippen molar-refractivity contribution in [2.24, 2.45) is 0 Å². The molecule has 1 aromatic carbocycles. The first-order valence-electron chi connectivity index (χ1n) is 5.14. The van der Waals surface area contributed by atoms with Gasteiger partial charge in [0.25, 0.3) is 0 Å². The van der Waals surface area contributed by atoms with E-state index in [4.69, 9.17) is 5.11 Å². The Kier molecular flexibility index (Phi) is 5.22. The van der Waals surface area contributed by atoms with E-state index in [0.29, 0.717) is 0 Å². The molecule has 1 rings (SSSR count). The van der Waals surface area contributed by atoms with Crippen LogP contribution in [0.25, 0.3) is 0 Å². The van der Waals surface area contributed by atoms with E-state index in [9.17, 15) is 22.8 Å². The number of carboxylic acids is 1. The molecule has 0 aliphatic rings. The summed E-state index contributed by atoms with van der Waals surface area (Å²) in [6.07, 6.45) is -0.666. The van der Waals surface area contributed by atoms with E-state index in [1.165, 1.54) is 24.3 Å². The average molecular weight is 293 g/mol. The molecule has 8 heteroatoms. The van der Waals surface area contributed by atoms with Crippen LogP contribution in [0.15, 0.2) is 29.2 Å². The second kappa shape index (κ2) is 6.46. The average Bonchev–Trinajstić information content (AvgIpc) is 2.27. The minimum absolute atomic E-state index is 0.0141. The van der Waals surface area contributed by atoms with Crippen LogP contribution in [0.4, 0.5) is 18.9 Å². The monoisotopic (exact) mass is 293 g/mol. The summed E-state index contributed by atoms with van der Waals surface area (Å²) in [7, 11) is 0. The lowest BCUT2D eigenvalue weighted by molar-refractivity contribution is -0.138. The molecule has 0 radical (unpaired) electrons. The number of hydrogen-bond acceptors (Lipinski definition) is 3. The van der Waals surface area contributed by atoms with E-state index in [0.717, 1.165) is 0 Å². The third kappa shape index (κ3) is 6.14. The molecule has 0 aromatic heterocycles. The topological polar surface area (TPSA) is 66.4 Å². The summed E-state index contributed by atoms with van der Waals surface area (Å²) in [5.41, 5.74) is -4.44. The molecule has 0 aliphatic heterocycles. The number of carbonyl (C=O) groups excluding carboxylic acids is 1. The van der Waals surface area contributed by atoms with E-state index in [2.05, 4.69) is 5.32 Å². The van der Waals surface area contributed by atoms with E-state index in [1.54, 1.807) is 0 Å². The summed E-state index contributed by atoms with van der Waals surface area (Å²) < 4.78 is 36.9. The predicted molar refractivity (Wildman–Crippen MR) is 63.9 cm³/mol. The molecule has 1 aromatic rings. The van der Waals surface area contributed by atoms with Crippen LogP contribution in [-0.4, -0.2) is 22.5 Å². The highest BCUT2D eigenvalue weighted by molar-refractivity contribution is 8.00. The number of carboxylic acid groups (broad SMARTS) is 1. The molecule has 19 heavy (non-hydrogen) atoms. The first kappa shape index (κ1) is 15.4. The van der Waals surface area contributed by atoms with Gasteiger partial charge in [-0.25, -0.2) is 0 Å². The number of alkyl halides is 3. The quantitative estimate of drug-likeness (QED) is 0.819. The van der Waals surface area contributed by atoms with Gasteiger partial charge in [-0.2, -0.15) is 13.2 Å². The number of halogens is 3. The van der Waals surface area contributed by atoms with E-state index < -0.39 is 17.4 Å². The molecule has 0 bridgehead atoms. The Bertz CT molecular complexity index is 476. The third-order valence-corrected chi connectivity index (χ3v) is 2.76. The maximum absolute atomic E-state index is 12.3. The van der Waals surface area contributed by atoms with Crippen LogP contribution in [0, 0.1) is 0 Å². The van der Waals surface area contributed by atoms with Crippen molar-refractivity contribution in [3.8, 4) is 0 Å². The van der Waals surface area contributed by atoms with Gasteiger partial charge in [0.2, 0.25) is 5.91 Å². The zero-order chi connectivity index (χ0) is 14.5. The van der Waals surface area contributed by atoms with Crippen LogP contribution in [0.5, 0.6) is 0 Å². The van der Waals surface area contributed by atoms with E-state index in [1.807, 2.05) is 0 Å². The van der Waals surface area contributed by atoms with Crippen molar-refractivity contribution in [1.29, 1.82) is 0 Å². The molecule has 0 saturated carbocycles. The Morgan fingerprint density at radius 1 is 1.21 bits per heavy atom. The van der Waals surface area contributed by atoms with Crippen molar-refractivity contribution in [1.82, 2.24) is 0 Å². The maximum Gasteiger partial charge on any atom is 0.446 e. The minimum atomic E-state index is -4.46. The zero-order valence-electron chi connectivity index (χ0n) is 9.53. The highest BCUT2D eigenvalue weighted by Crippen LogP contribution is 2.40. The van der Waals surface area contributed by atoms with Gasteiger partial charge < -0.3 is 10.4 Å². The third-order valence-electron chi connectivity index (χ3n) is 1.95. The number of thioether (sulfide) groups is 1. The fourth-order valence-corrected chi connectivity index (χ4v) is 1.84. The molecule has 0 heterocycles. The molecule has 0 atom stereocenters. The first-order valence-corrected chi connectivity index (χ1v) is 5.96. The summed E-state index contributed by atoms with van der Waals surface area (Å²) in [6.45, 7) is 0. The predicted octanol–water partition coefficient (Wildman–Crippen LogP) is 3.10. The van der Waals surface area contributed by atoms with Crippen LogP contribution < -0.4 is 5.32 Å². The van der Waals surface area contributed by atoms with E-state index >= 15 is 0 Å². The van der Waals surface area contributed by atoms with Gasteiger partial charge in [-0.15, -0.1) is 0 Å². The van der Waals surface area contributed by atoms with Crippen molar-refractivity contribution in [3.05, 3.63) is 24.3 Å². The Balaban J connectivity index is 2.72. The number of amides is 1. The van der Waals surface area contributed by atoms with Crippen molar-refractivity contribution < 1.29 is 27.9 Å². The molecule has 1 amide bonds. The van der Waals surface area contributed by atoms with Gasteiger partial charge in [-0.05, 0) is 23.9 Å². The molecule has 0 aliphatic carbocycles. The number of carbonyl (C=O) groups is 2. The number of hydrogen-bond donors (Lipinski definition) is 2. The normalized spacial score (nSPS) is 11.1. The highest BCUT2D eigenvalue weighted by Gasteiger charge is 2.30. The second-order valence-electron chi connectivity index (χ2n) is 3.49. The number of rotatable bonds is 5. The van der Waals surface area contributed by atoms with Crippen LogP contribution in [0.3, 0.4) is 0 Å². The van der Waals surface area contributed by atoms with Gasteiger partial charge in [0.1, 0.15) is 0 Å². The van der Waals surface area contributed by atoms with Gasteiger partial charge in [0.05, 0.1) is 12.1 Å². The molecule has 0 spiro atoms. The molecule has 104 valence electrons. The second-order valence-corrected chi connectivity index (χ2v) is 4.59. The number of aliphatic carboxylic acids is 1. The molecule has 2 N–H and O–H groups in total. The van der Waals surface area contributed by atoms with Crippen molar-refractivity contribution in [2.75, 3.05) is 5.32 Å². The maximum atomic E-state index is 12.3. The molecule has 4 nitrogen and oxygen atoms in total. The van der Waals surface area contributed by atoms with Crippen LogP contribution in [0.1, 0.15) is 12.8 Å². The van der Waals surface area contributed by atoms with Gasteiger partial charge >= 0.3 is 11.5 Å². The number of nitrogens with one attached hydrogen (secondary N) is 1. The van der Waals surface area contributed by atoms with Crippen LogP contribution in [0.2, 0.25) is 0 Å². The lowest BCUT2D eigenvalue weighted by atomic mass is 10.2. The van der Waals surface area contributed by atoms with E-state index in [-0.39, 0.29) is 35.2 Å². The molecule has 0 saturated heterocycles. The Hall–Kier alpha value is -1.70. The summed E-state index contributed by atoms with van der Waals surface area (Å²) in [6, 6.07) is 5.45. The fraction of sp³-hybridized carbons (Fsp3) is 0.273. The highest BCUT2D eigenvalue weighted by atomic mass is 32.2. The number of benzene rings is 1. The first-order chi connectivity index (χ1) is 8.78.